The van der Waals surface area contributed by atoms with Crippen LogP contribution in [-0.4, -0.2) is 59.2 Å². The zero-order valence-electron chi connectivity index (χ0n) is 21.8. The van der Waals surface area contributed by atoms with E-state index < -0.39 is 15.9 Å². The van der Waals surface area contributed by atoms with Gasteiger partial charge < -0.3 is 10.2 Å². The first-order valence-corrected chi connectivity index (χ1v) is 16.0. The summed E-state index contributed by atoms with van der Waals surface area (Å²) in [6.07, 6.45) is 4.87. The van der Waals surface area contributed by atoms with Gasteiger partial charge in [-0.2, -0.15) is 0 Å². The normalized spacial score (nSPS) is 21.3. The molecule has 2 aliphatic heterocycles. The van der Waals surface area contributed by atoms with Crippen LogP contribution in [0.2, 0.25) is 0 Å². The summed E-state index contributed by atoms with van der Waals surface area (Å²) in [6.45, 7) is 4.38. The number of carbonyl (C=O) groups is 2. The van der Waals surface area contributed by atoms with E-state index in [-0.39, 0.29) is 41.2 Å². The molecular weight excluding hydrogens is 520 g/mol. The van der Waals surface area contributed by atoms with Crippen molar-refractivity contribution >= 4 is 43.2 Å². The lowest BCUT2D eigenvalue weighted by atomic mass is 9.91. The molecule has 1 N–H and O–H groups in total. The Hall–Kier alpha value is -2.85. The molecule has 0 aliphatic carbocycles. The van der Waals surface area contributed by atoms with Crippen LogP contribution in [-0.2, 0) is 19.4 Å². The Morgan fingerprint density at radius 3 is 2.58 bits per heavy atom. The largest absolute Gasteiger partial charge is 0.344 e. The van der Waals surface area contributed by atoms with Crippen molar-refractivity contribution in [2.75, 3.05) is 18.1 Å². The highest BCUT2D eigenvalue weighted by molar-refractivity contribution is 7.91. The minimum atomic E-state index is -3.09. The predicted octanol–water partition coefficient (Wildman–Crippen LogP) is 4.38. The quantitative estimate of drug-likeness (QED) is 0.464. The first-order valence-electron chi connectivity index (χ1n) is 13.4. The van der Waals surface area contributed by atoms with Crippen molar-refractivity contribution in [3.63, 3.8) is 0 Å². The lowest BCUT2D eigenvalue weighted by Gasteiger charge is -2.35. The number of sulfone groups is 1. The van der Waals surface area contributed by atoms with Gasteiger partial charge in [0.25, 0.3) is 0 Å². The first-order chi connectivity index (χ1) is 18.3. The van der Waals surface area contributed by atoms with Gasteiger partial charge in [-0.25, -0.2) is 13.4 Å². The average Bonchev–Trinajstić information content (AvgIpc) is 3.58. The number of pyridine rings is 1. The van der Waals surface area contributed by atoms with Crippen molar-refractivity contribution in [1.29, 1.82) is 0 Å². The van der Waals surface area contributed by atoms with Gasteiger partial charge in [0, 0.05) is 24.2 Å². The third kappa shape index (κ3) is 5.47. The lowest BCUT2D eigenvalue weighted by Crippen LogP contribution is -2.54. The SMILES string of the molecule is CC[C@@H](C)C(=O)N[C@H](C(=O)N1CCC[C@H]1c1nc2c(-c3ccccc3)nccc2s1)C1CCS(=O)(=O)CC1. The van der Waals surface area contributed by atoms with E-state index in [1.807, 2.05) is 55.1 Å². The molecule has 4 heterocycles. The number of benzene rings is 1. The molecule has 5 rings (SSSR count). The van der Waals surface area contributed by atoms with Crippen molar-refractivity contribution < 1.29 is 18.0 Å². The van der Waals surface area contributed by atoms with Crippen LogP contribution in [0.3, 0.4) is 0 Å². The number of rotatable bonds is 7. The highest BCUT2D eigenvalue weighted by Gasteiger charge is 2.41. The Morgan fingerprint density at radius 2 is 1.87 bits per heavy atom. The summed E-state index contributed by atoms with van der Waals surface area (Å²) < 4.78 is 25.2. The Balaban J connectivity index is 1.44. The summed E-state index contributed by atoms with van der Waals surface area (Å²) in [4.78, 5) is 38.4. The molecule has 2 aromatic heterocycles. The van der Waals surface area contributed by atoms with Gasteiger partial charge in [-0.15, -0.1) is 11.3 Å². The summed E-state index contributed by atoms with van der Waals surface area (Å²) in [5.41, 5.74) is 2.65. The van der Waals surface area contributed by atoms with Gasteiger partial charge in [-0.3, -0.25) is 14.6 Å². The molecule has 2 fully saturated rings. The van der Waals surface area contributed by atoms with Crippen molar-refractivity contribution in [2.45, 2.75) is 58.0 Å². The molecule has 2 amide bonds. The van der Waals surface area contributed by atoms with Crippen molar-refractivity contribution in [3.8, 4) is 11.3 Å². The van der Waals surface area contributed by atoms with Crippen molar-refractivity contribution in [1.82, 2.24) is 20.2 Å². The van der Waals surface area contributed by atoms with Gasteiger partial charge in [0.1, 0.15) is 26.4 Å². The minimum absolute atomic E-state index is 0.0528. The molecule has 0 radical (unpaired) electrons. The number of hydrogen-bond donors (Lipinski definition) is 1. The van der Waals surface area contributed by atoms with Gasteiger partial charge in [0.05, 0.1) is 27.9 Å². The van der Waals surface area contributed by atoms with Gasteiger partial charge in [-0.05, 0) is 44.1 Å². The predicted molar refractivity (Wildman–Crippen MR) is 149 cm³/mol. The Kier molecular flexibility index (Phi) is 7.81. The molecule has 1 aromatic carbocycles. The second kappa shape index (κ2) is 11.1. The Bertz CT molecular complexity index is 1410. The van der Waals surface area contributed by atoms with Gasteiger partial charge >= 0.3 is 0 Å². The topological polar surface area (TPSA) is 109 Å². The maximum absolute atomic E-state index is 14.1. The molecule has 2 saturated heterocycles. The van der Waals surface area contributed by atoms with Crippen LogP contribution in [0.25, 0.3) is 21.5 Å². The molecule has 202 valence electrons. The molecule has 10 heteroatoms. The number of hydrogen-bond acceptors (Lipinski definition) is 7. The smallest absolute Gasteiger partial charge is 0.246 e. The monoisotopic (exact) mass is 554 g/mol. The number of thiazole rings is 1. The molecule has 0 unspecified atom stereocenters. The maximum atomic E-state index is 14.1. The van der Waals surface area contributed by atoms with E-state index in [1.54, 1.807) is 17.5 Å². The Morgan fingerprint density at radius 1 is 1.13 bits per heavy atom. The standard InChI is InChI=1S/C28H34N4O4S2/c1-3-18(2)26(33)30-24(20-12-16-38(35,36)17-13-20)28(34)32-15-7-10-21(32)27-31-25-22(37-27)11-14-29-23(25)19-8-5-4-6-9-19/h4-6,8-9,11,14,18,20-21,24H,3,7,10,12-13,15-17H2,1-2H3,(H,30,33)/t18-,21+,24+/m1/s1. The molecule has 3 atom stereocenters. The first kappa shape index (κ1) is 26.7. The number of amides is 2. The highest BCUT2D eigenvalue weighted by atomic mass is 32.2. The van der Waals surface area contributed by atoms with E-state index in [9.17, 15) is 18.0 Å². The van der Waals surface area contributed by atoms with Crippen LogP contribution in [0.1, 0.15) is 57.0 Å². The molecule has 38 heavy (non-hydrogen) atoms. The lowest BCUT2D eigenvalue weighted by molar-refractivity contribution is -0.139. The zero-order valence-corrected chi connectivity index (χ0v) is 23.4. The fraction of sp³-hybridized carbons (Fsp3) is 0.500. The fourth-order valence-corrected chi connectivity index (χ4v) is 8.03. The molecular formula is C28H34N4O4S2. The van der Waals surface area contributed by atoms with E-state index in [0.29, 0.717) is 25.8 Å². The van der Waals surface area contributed by atoms with Crippen LogP contribution in [0.5, 0.6) is 0 Å². The second-order valence-corrected chi connectivity index (χ2v) is 13.8. The summed E-state index contributed by atoms with van der Waals surface area (Å²) in [7, 11) is -3.09. The molecule has 3 aromatic rings. The average molecular weight is 555 g/mol. The number of likely N-dealkylation sites (tertiary alicyclic amines) is 1. The third-order valence-electron chi connectivity index (χ3n) is 7.89. The number of aromatic nitrogens is 2. The summed E-state index contributed by atoms with van der Waals surface area (Å²) in [5.74, 6) is -0.610. The van der Waals surface area contributed by atoms with Crippen molar-refractivity contribution in [3.05, 3.63) is 47.6 Å². The van der Waals surface area contributed by atoms with Gasteiger partial charge in [0.15, 0.2) is 0 Å². The third-order valence-corrected chi connectivity index (χ3v) is 10.7. The van der Waals surface area contributed by atoms with Crippen LogP contribution >= 0.6 is 11.3 Å². The fourth-order valence-electron chi connectivity index (χ4n) is 5.39. The Labute approximate surface area is 227 Å². The van der Waals surface area contributed by atoms with Crippen LogP contribution in [0.4, 0.5) is 0 Å². The van der Waals surface area contributed by atoms with E-state index in [2.05, 4.69) is 10.3 Å². The number of fused-ring (bicyclic) bond motifs is 1. The highest BCUT2D eigenvalue weighted by Crippen LogP contribution is 2.39. The number of nitrogens with zero attached hydrogens (tertiary/aromatic N) is 3. The minimum Gasteiger partial charge on any atom is -0.344 e. The molecule has 2 aliphatic rings. The van der Waals surface area contributed by atoms with Gasteiger partial charge in [0.2, 0.25) is 11.8 Å². The van der Waals surface area contributed by atoms with E-state index >= 15 is 0 Å². The second-order valence-electron chi connectivity index (χ2n) is 10.4. The van der Waals surface area contributed by atoms with E-state index in [1.165, 1.54) is 0 Å². The molecule has 0 saturated carbocycles. The van der Waals surface area contributed by atoms with E-state index in [0.717, 1.165) is 39.3 Å². The number of carbonyl (C=O) groups excluding carboxylic acids is 2. The molecule has 8 nitrogen and oxygen atoms in total. The van der Waals surface area contributed by atoms with E-state index in [4.69, 9.17) is 4.98 Å². The molecule has 0 bridgehead atoms. The number of nitrogens with one attached hydrogen (secondary N) is 1. The van der Waals surface area contributed by atoms with Crippen LogP contribution in [0.15, 0.2) is 42.6 Å². The van der Waals surface area contributed by atoms with Gasteiger partial charge in [-0.1, -0.05) is 44.2 Å². The van der Waals surface area contributed by atoms with Crippen molar-refractivity contribution in [2.24, 2.45) is 11.8 Å². The zero-order chi connectivity index (χ0) is 26.9. The maximum Gasteiger partial charge on any atom is 0.246 e. The summed E-state index contributed by atoms with van der Waals surface area (Å²) >= 11 is 1.58. The summed E-state index contributed by atoms with van der Waals surface area (Å²) in [5, 5.41) is 3.89. The van der Waals surface area contributed by atoms with Crippen LogP contribution < -0.4 is 5.32 Å². The van der Waals surface area contributed by atoms with Crippen LogP contribution in [0, 0.1) is 11.8 Å². The molecule has 0 spiro atoms. The summed E-state index contributed by atoms with van der Waals surface area (Å²) in [6, 6.07) is 11.0.